The normalized spacial score (nSPS) is 17.2. The Bertz CT molecular complexity index is 1610. The number of amides is 2. The smallest absolute Gasteiger partial charge is 0.412 e. The topological polar surface area (TPSA) is 149 Å². The highest BCUT2D eigenvalue weighted by Gasteiger charge is 2.45. The zero-order valence-electron chi connectivity index (χ0n) is 22.9. The van der Waals surface area contributed by atoms with Crippen LogP contribution in [0.4, 0.5) is 4.79 Å². The highest BCUT2D eigenvalue weighted by atomic mass is 16.6. The fourth-order valence-corrected chi connectivity index (χ4v) is 5.31. The number of hydrogen-bond acceptors (Lipinski definition) is 8. The molecule has 0 radical (unpaired) electrons. The molecule has 1 atom stereocenters. The van der Waals surface area contributed by atoms with E-state index in [2.05, 4.69) is 10.6 Å². The number of aliphatic hydroxyl groups is 1. The summed E-state index contributed by atoms with van der Waals surface area (Å²) in [5.41, 5.74) is 1.98. The first-order valence-electron chi connectivity index (χ1n) is 13.4. The first kappa shape index (κ1) is 27.3. The van der Waals surface area contributed by atoms with Crippen molar-refractivity contribution >= 4 is 28.9 Å². The summed E-state index contributed by atoms with van der Waals surface area (Å²) < 4.78 is 12.2. The molecule has 0 saturated heterocycles. The van der Waals surface area contributed by atoms with Crippen LogP contribution in [0.1, 0.15) is 56.4 Å². The number of ether oxygens (including phenoxy) is 2. The number of nitrogens with zero attached hydrogens (tertiary/aromatic N) is 2. The number of carbonyl (C=O) groups excluding carboxylic acids is 3. The van der Waals surface area contributed by atoms with Crippen LogP contribution in [0, 0.1) is 5.92 Å². The monoisotopic (exact) mass is 548 g/mol. The van der Waals surface area contributed by atoms with Crippen molar-refractivity contribution in [1.82, 2.24) is 20.2 Å². The Labute approximate surface area is 230 Å². The summed E-state index contributed by atoms with van der Waals surface area (Å²) in [5.74, 6) is -0.659. The minimum absolute atomic E-state index is 0.0723. The van der Waals surface area contributed by atoms with E-state index in [1.54, 1.807) is 49.6 Å². The Balaban J connectivity index is 1.45. The molecule has 4 heterocycles. The van der Waals surface area contributed by atoms with Gasteiger partial charge in [-0.2, -0.15) is 0 Å². The zero-order chi connectivity index (χ0) is 28.8. The second kappa shape index (κ2) is 10.4. The molecule has 0 fully saturated rings. The molecule has 0 unspecified atom stereocenters. The van der Waals surface area contributed by atoms with Crippen molar-refractivity contribution in [1.29, 1.82) is 0 Å². The molecular formula is C29H32N4O7. The van der Waals surface area contributed by atoms with Crippen LogP contribution in [0.2, 0.25) is 0 Å². The minimum atomic E-state index is -1.89. The molecule has 0 bridgehead atoms. The third kappa shape index (κ3) is 4.49. The highest BCUT2D eigenvalue weighted by Crippen LogP contribution is 2.40. The van der Waals surface area contributed by atoms with Gasteiger partial charge in [0.25, 0.3) is 5.56 Å². The number of aryl methyl sites for hydroxylation is 1. The molecule has 2 aliphatic rings. The lowest BCUT2D eigenvalue weighted by Crippen LogP contribution is -2.44. The summed E-state index contributed by atoms with van der Waals surface area (Å²) in [4.78, 5) is 54.7. The lowest BCUT2D eigenvalue weighted by molar-refractivity contribution is -0.172. The maximum absolute atomic E-state index is 13.5. The molecular weight excluding hydrogens is 516 g/mol. The van der Waals surface area contributed by atoms with E-state index in [0.29, 0.717) is 35.6 Å². The van der Waals surface area contributed by atoms with Crippen LogP contribution in [-0.2, 0) is 39.5 Å². The van der Waals surface area contributed by atoms with Gasteiger partial charge in [0.05, 0.1) is 29.0 Å². The number of rotatable bonds is 7. The van der Waals surface area contributed by atoms with Gasteiger partial charge in [0.15, 0.2) is 5.60 Å². The molecule has 2 aromatic heterocycles. The van der Waals surface area contributed by atoms with Crippen molar-refractivity contribution in [2.24, 2.45) is 5.92 Å². The number of esters is 1. The summed E-state index contributed by atoms with van der Waals surface area (Å²) in [6.45, 7) is 7.86. The van der Waals surface area contributed by atoms with Gasteiger partial charge in [-0.25, -0.2) is 14.6 Å². The number of aromatic nitrogens is 2. The largest absolute Gasteiger partial charge is 0.458 e. The van der Waals surface area contributed by atoms with Crippen molar-refractivity contribution in [3.63, 3.8) is 0 Å². The highest BCUT2D eigenvalue weighted by molar-refractivity contribution is 5.90. The Morgan fingerprint density at radius 3 is 2.60 bits per heavy atom. The quantitative estimate of drug-likeness (QED) is 0.236. The van der Waals surface area contributed by atoms with E-state index in [1.165, 1.54) is 0 Å². The van der Waals surface area contributed by atoms with Gasteiger partial charge in [-0.15, -0.1) is 0 Å². The van der Waals surface area contributed by atoms with Crippen LogP contribution in [-0.4, -0.2) is 45.7 Å². The van der Waals surface area contributed by atoms with Crippen LogP contribution in [0.5, 0.6) is 5.75 Å². The van der Waals surface area contributed by atoms with E-state index in [1.807, 2.05) is 6.92 Å². The summed E-state index contributed by atoms with van der Waals surface area (Å²) in [5, 5.41) is 17.2. The van der Waals surface area contributed by atoms with E-state index < -0.39 is 17.7 Å². The van der Waals surface area contributed by atoms with E-state index in [4.69, 9.17) is 14.5 Å². The van der Waals surface area contributed by atoms with Gasteiger partial charge in [-0.1, -0.05) is 27.7 Å². The Morgan fingerprint density at radius 1 is 1.15 bits per heavy atom. The zero-order valence-corrected chi connectivity index (χ0v) is 22.9. The average molecular weight is 549 g/mol. The summed E-state index contributed by atoms with van der Waals surface area (Å²) in [7, 11) is 0. The van der Waals surface area contributed by atoms with Crippen molar-refractivity contribution in [3.05, 3.63) is 56.9 Å². The molecule has 0 spiro atoms. The molecule has 2 amide bonds. The van der Waals surface area contributed by atoms with Crippen molar-refractivity contribution in [2.75, 3.05) is 13.1 Å². The van der Waals surface area contributed by atoms with Crippen molar-refractivity contribution in [2.45, 2.75) is 59.3 Å². The fraction of sp³-hybridized carbons (Fsp3) is 0.414. The predicted octanol–water partition coefficient (Wildman–Crippen LogP) is 2.50. The molecule has 11 nitrogen and oxygen atoms in total. The number of carbonyl (C=O) groups is 3. The minimum Gasteiger partial charge on any atom is -0.458 e. The van der Waals surface area contributed by atoms with Gasteiger partial charge in [-0.3, -0.25) is 9.59 Å². The van der Waals surface area contributed by atoms with Gasteiger partial charge in [0.2, 0.25) is 5.91 Å². The van der Waals surface area contributed by atoms with E-state index in [9.17, 15) is 24.3 Å². The molecule has 3 N–H and O–H groups in total. The Hall–Kier alpha value is -4.25. The first-order chi connectivity index (χ1) is 19.1. The SMILES string of the molecule is CCc1c2c(nc3ccc(OC(=O)NCCNC(=O)C(C)C)cc13)-c1cc3c(c(=O)n1C2)COC(=O)[C@]3(O)CC. The van der Waals surface area contributed by atoms with E-state index >= 15 is 0 Å². The van der Waals surface area contributed by atoms with Gasteiger partial charge >= 0.3 is 12.1 Å². The lowest BCUT2D eigenvalue weighted by Gasteiger charge is -2.31. The van der Waals surface area contributed by atoms with Crippen molar-refractivity contribution in [3.8, 4) is 17.1 Å². The maximum Gasteiger partial charge on any atom is 0.412 e. The molecule has 3 aromatic rings. The first-order valence-corrected chi connectivity index (χ1v) is 13.4. The van der Waals surface area contributed by atoms with Crippen molar-refractivity contribution < 1.29 is 29.0 Å². The van der Waals surface area contributed by atoms with Crippen LogP contribution >= 0.6 is 0 Å². The second-order valence-electron chi connectivity index (χ2n) is 10.3. The van der Waals surface area contributed by atoms with Gasteiger partial charge in [0, 0.05) is 35.5 Å². The third-order valence-corrected chi connectivity index (χ3v) is 7.56. The molecule has 2 aliphatic heterocycles. The Kier molecular flexibility index (Phi) is 7.09. The standard InChI is InChI=1S/C29H32N4O7/c1-5-17-18-11-16(40-28(37)31-10-9-30-25(34)15(3)4)7-8-22(18)32-24-19(17)13-33-23(24)12-21-20(26(33)35)14-39-27(36)29(21,38)6-2/h7-8,11-12,15,38H,5-6,9-10,13-14H2,1-4H3,(H,30,34)(H,31,37)/t29-/m0/s1. The molecule has 11 heteroatoms. The number of hydrogen-bond donors (Lipinski definition) is 3. The van der Waals surface area contributed by atoms with Gasteiger partial charge in [0.1, 0.15) is 12.4 Å². The summed E-state index contributed by atoms with van der Waals surface area (Å²) >= 11 is 0. The number of nitrogens with one attached hydrogen (secondary N) is 2. The predicted molar refractivity (Wildman–Crippen MR) is 146 cm³/mol. The average Bonchev–Trinajstić information content (AvgIpc) is 3.30. The van der Waals surface area contributed by atoms with Crippen LogP contribution in [0.15, 0.2) is 29.1 Å². The molecule has 210 valence electrons. The van der Waals surface area contributed by atoms with Gasteiger partial charge in [-0.05, 0) is 42.7 Å². The molecule has 5 rings (SSSR count). The molecule has 40 heavy (non-hydrogen) atoms. The number of cyclic esters (lactones) is 1. The maximum atomic E-state index is 13.5. The lowest BCUT2D eigenvalue weighted by atomic mass is 9.86. The van der Waals surface area contributed by atoms with Crippen LogP contribution < -0.4 is 20.9 Å². The fourth-order valence-electron chi connectivity index (χ4n) is 5.31. The van der Waals surface area contributed by atoms with E-state index in [0.717, 1.165) is 16.5 Å². The molecule has 1 aromatic carbocycles. The number of fused-ring (bicyclic) bond motifs is 5. The number of pyridine rings is 2. The van der Waals surface area contributed by atoms with E-state index in [-0.39, 0.29) is 54.6 Å². The van der Waals surface area contributed by atoms with Gasteiger partial charge < -0.3 is 29.8 Å². The Morgan fingerprint density at radius 2 is 1.90 bits per heavy atom. The molecule has 0 saturated carbocycles. The summed E-state index contributed by atoms with van der Waals surface area (Å²) in [6, 6.07) is 6.83. The third-order valence-electron chi connectivity index (χ3n) is 7.56. The van der Waals surface area contributed by atoms with Crippen LogP contribution in [0.3, 0.4) is 0 Å². The summed E-state index contributed by atoms with van der Waals surface area (Å²) in [6.07, 6.45) is 0.0632. The second-order valence-corrected chi connectivity index (χ2v) is 10.3. The number of benzene rings is 1. The van der Waals surface area contributed by atoms with Crippen LogP contribution in [0.25, 0.3) is 22.3 Å². The molecule has 0 aliphatic carbocycles.